The topological polar surface area (TPSA) is 45.5 Å². The van der Waals surface area contributed by atoms with E-state index in [9.17, 15) is 4.79 Å². The molecule has 0 aliphatic carbocycles. The molecule has 1 atom stereocenters. The second-order valence-corrected chi connectivity index (χ2v) is 5.21. The summed E-state index contributed by atoms with van der Waals surface area (Å²) in [7, 11) is 0. The maximum atomic E-state index is 12.5. The molecular formula is C17H18N2O2. The summed E-state index contributed by atoms with van der Waals surface area (Å²) in [6.45, 7) is 3.52. The minimum Gasteiger partial charge on any atom is -0.465 e. The molecule has 0 saturated heterocycles. The first-order chi connectivity index (χ1) is 10.2. The van der Waals surface area contributed by atoms with Gasteiger partial charge in [0.1, 0.15) is 5.76 Å². The number of fused-ring (bicyclic) bond motifs is 1. The molecule has 4 nitrogen and oxygen atoms in total. The average molecular weight is 282 g/mol. The van der Waals surface area contributed by atoms with Crippen LogP contribution in [0.3, 0.4) is 0 Å². The predicted octanol–water partition coefficient (Wildman–Crippen LogP) is 2.82. The lowest BCUT2D eigenvalue weighted by molar-refractivity contribution is -0.114. The molecule has 1 aromatic carbocycles. The van der Waals surface area contributed by atoms with E-state index in [-0.39, 0.29) is 11.9 Å². The van der Waals surface area contributed by atoms with Gasteiger partial charge < -0.3 is 14.6 Å². The maximum absolute atomic E-state index is 12.5. The van der Waals surface area contributed by atoms with Crippen LogP contribution in [-0.4, -0.2) is 18.5 Å². The minimum atomic E-state index is -0.0330. The van der Waals surface area contributed by atoms with Crippen LogP contribution in [0, 0.1) is 0 Å². The monoisotopic (exact) mass is 282 g/mol. The van der Waals surface area contributed by atoms with E-state index >= 15 is 0 Å². The summed E-state index contributed by atoms with van der Waals surface area (Å²) in [5, 5.41) is 3.42. The van der Waals surface area contributed by atoms with Crippen LogP contribution in [0.5, 0.6) is 0 Å². The Morgan fingerprint density at radius 1 is 1.33 bits per heavy atom. The smallest absolute Gasteiger partial charge is 0.251 e. The number of furan rings is 1. The number of amides is 1. The van der Waals surface area contributed by atoms with Crippen LogP contribution in [0.15, 0.2) is 53.2 Å². The highest BCUT2D eigenvalue weighted by Crippen LogP contribution is 2.23. The summed E-state index contributed by atoms with van der Waals surface area (Å²) < 4.78 is 5.22. The van der Waals surface area contributed by atoms with Gasteiger partial charge in [0.15, 0.2) is 0 Å². The number of nitrogens with one attached hydrogen (secondary N) is 1. The zero-order chi connectivity index (χ0) is 14.7. The van der Waals surface area contributed by atoms with Crippen LogP contribution in [0.4, 0.5) is 5.69 Å². The van der Waals surface area contributed by atoms with Gasteiger partial charge >= 0.3 is 0 Å². The molecule has 1 aliphatic rings. The molecule has 1 N–H and O–H groups in total. The van der Waals surface area contributed by atoms with E-state index in [2.05, 4.69) is 18.3 Å². The van der Waals surface area contributed by atoms with Crippen molar-refractivity contribution < 1.29 is 9.21 Å². The molecule has 1 aromatic heterocycles. The largest absolute Gasteiger partial charge is 0.465 e. The standard InChI is InChI=1S/C17H18N2O2/c1-13-12-19(16-7-3-2-5-14(16)11-18-13)17(20)9-8-15-6-4-10-21-15/h2-10,13,18H,11-12H2,1H3/b9-8+. The van der Waals surface area contributed by atoms with Crippen LogP contribution in [0.25, 0.3) is 6.08 Å². The fraction of sp³-hybridized carbons (Fsp3) is 0.235. The third kappa shape index (κ3) is 3.06. The SMILES string of the molecule is CC1CN(C(=O)/C=C/c2ccco2)c2ccccc2CN1. The number of hydrogen-bond donors (Lipinski definition) is 1. The summed E-state index contributed by atoms with van der Waals surface area (Å²) in [6.07, 6.45) is 4.86. The number of carbonyl (C=O) groups is 1. The first-order valence-corrected chi connectivity index (χ1v) is 7.08. The van der Waals surface area contributed by atoms with Crippen LogP contribution in [-0.2, 0) is 11.3 Å². The van der Waals surface area contributed by atoms with Crippen molar-refractivity contribution in [2.75, 3.05) is 11.4 Å². The Hall–Kier alpha value is -2.33. The molecule has 21 heavy (non-hydrogen) atoms. The quantitative estimate of drug-likeness (QED) is 0.862. The summed E-state index contributed by atoms with van der Waals surface area (Å²) >= 11 is 0. The van der Waals surface area contributed by atoms with E-state index in [1.807, 2.05) is 29.2 Å². The van der Waals surface area contributed by atoms with Crippen molar-refractivity contribution in [2.24, 2.45) is 0 Å². The van der Waals surface area contributed by atoms with Gasteiger partial charge in [0, 0.05) is 30.9 Å². The molecule has 1 amide bonds. The molecule has 0 bridgehead atoms. The molecule has 0 fully saturated rings. The molecule has 0 spiro atoms. The summed E-state index contributed by atoms with van der Waals surface area (Å²) in [4.78, 5) is 14.3. The maximum Gasteiger partial charge on any atom is 0.251 e. The van der Waals surface area contributed by atoms with Crippen molar-refractivity contribution in [1.29, 1.82) is 0 Å². The van der Waals surface area contributed by atoms with E-state index in [0.717, 1.165) is 17.8 Å². The summed E-state index contributed by atoms with van der Waals surface area (Å²) in [6, 6.07) is 11.9. The van der Waals surface area contributed by atoms with Gasteiger partial charge in [-0.05, 0) is 36.8 Å². The van der Waals surface area contributed by atoms with Gasteiger partial charge in [-0.1, -0.05) is 18.2 Å². The van der Waals surface area contributed by atoms with Gasteiger partial charge in [-0.25, -0.2) is 0 Å². The Morgan fingerprint density at radius 2 is 2.19 bits per heavy atom. The Bertz CT molecular complexity index is 647. The Balaban J connectivity index is 1.87. The second-order valence-electron chi connectivity index (χ2n) is 5.21. The fourth-order valence-corrected chi connectivity index (χ4v) is 2.48. The predicted molar refractivity (Wildman–Crippen MR) is 82.8 cm³/mol. The molecule has 0 radical (unpaired) electrons. The van der Waals surface area contributed by atoms with Gasteiger partial charge in [0.05, 0.1) is 6.26 Å². The average Bonchev–Trinajstić information content (AvgIpc) is 2.96. The third-order valence-corrected chi connectivity index (χ3v) is 3.58. The molecule has 0 saturated carbocycles. The van der Waals surface area contributed by atoms with Gasteiger partial charge in [0.25, 0.3) is 5.91 Å². The zero-order valence-corrected chi connectivity index (χ0v) is 12.0. The van der Waals surface area contributed by atoms with Crippen molar-refractivity contribution in [2.45, 2.75) is 19.5 Å². The number of benzene rings is 1. The third-order valence-electron chi connectivity index (χ3n) is 3.58. The van der Waals surface area contributed by atoms with E-state index in [1.165, 1.54) is 0 Å². The lowest BCUT2D eigenvalue weighted by Crippen LogP contribution is -2.38. The van der Waals surface area contributed by atoms with Crippen LogP contribution in [0.1, 0.15) is 18.2 Å². The molecule has 1 aliphatic heterocycles. The van der Waals surface area contributed by atoms with Crippen LogP contribution in [0.2, 0.25) is 0 Å². The molecule has 2 heterocycles. The highest BCUT2D eigenvalue weighted by atomic mass is 16.3. The number of hydrogen-bond acceptors (Lipinski definition) is 3. The number of rotatable bonds is 2. The molecule has 1 unspecified atom stereocenters. The van der Waals surface area contributed by atoms with Crippen LogP contribution >= 0.6 is 0 Å². The van der Waals surface area contributed by atoms with Crippen LogP contribution < -0.4 is 10.2 Å². The normalized spacial score (nSPS) is 18.5. The Morgan fingerprint density at radius 3 is 3.00 bits per heavy atom. The highest BCUT2D eigenvalue weighted by molar-refractivity contribution is 6.04. The van der Waals surface area contributed by atoms with E-state index < -0.39 is 0 Å². The first-order valence-electron chi connectivity index (χ1n) is 7.08. The molecule has 3 rings (SSSR count). The number of carbonyl (C=O) groups excluding carboxylic acids is 1. The van der Waals surface area contributed by atoms with Crippen molar-refractivity contribution >= 4 is 17.7 Å². The fourth-order valence-electron chi connectivity index (χ4n) is 2.48. The van der Waals surface area contributed by atoms with Crippen molar-refractivity contribution in [3.63, 3.8) is 0 Å². The van der Waals surface area contributed by atoms with Crippen molar-refractivity contribution in [3.8, 4) is 0 Å². The Kier molecular flexibility index (Phi) is 3.88. The lowest BCUT2D eigenvalue weighted by Gasteiger charge is -2.23. The first kappa shape index (κ1) is 13.6. The van der Waals surface area contributed by atoms with Gasteiger partial charge in [0.2, 0.25) is 0 Å². The van der Waals surface area contributed by atoms with E-state index in [4.69, 9.17) is 4.42 Å². The minimum absolute atomic E-state index is 0.0330. The molecule has 2 aromatic rings. The number of nitrogens with zero attached hydrogens (tertiary/aromatic N) is 1. The zero-order valence-electron chi connectivity index (χ0n) is 12.0. The summed E-state index contributed by atoms with van der Waals surface area (Å²) in [5.41, 5.74) is 2.12. The van der Waals surface area contributed by atoms with E-state index in [0.29, 0.717) is 12.3 Å². The summed E-state index contributed by atoms with van der Waals surface area (Å²) in [5.74, 6) is 0.645. The second kappa shape index (κ2) is 5.97. The Labute approximate surface area is 124 Å². The molecular weight excluding hydrogens is 264 g/mol. The van der Waals surface area contributed by atoms with Crippen molar-refractivity contribution in [1.82, 2.24) is 5.32 Å². The number of para-hydroxylation sites is 1. The lowest BCUT2D eigenvalue weighted by atomic mass is 10.1. The van der Waals surface area contributed by atoms with E-state index in [1.54, 1.807) is 24.5 Å². The van der Waals surface area contributed by atoms with Gasteiger partial charge in [-0.3, -0.25) is 4.79 Å². The van der Waals surface area contributed by atoms with Crippen molar-refractivity contribution in [3.05, 3.63) is 60.1 Å². The van der Waals surface area contributed by atoms with Gasteiger partial charge in [-0.2, -0.15) is 0 Å². The highest BCUT2D eigenvalue weighted by Gasteiger charge is 2.22. The molecule has 108 valence electrons. The molecule has 4 heteroatoms. The van der Waals surface area contributed by atoms with Gasteiger partial charge in [-0.15, -0.1) is 0 Å². The number of anilines is 1.